The van der Waals surface area contributed by atoms with Crippen molar-refractivity contribution in [1.29, 1.82) is 0 Å². The van der Waals surface area contributed by atoms with Gasteiger partial charge < -0.3 is 49.4 Å². The fourth-order valence-corrected chi connectivity index (χ4v) is 10.2. The van der Waals surface area contributed by atoms with E-state index in [9.17, 15) is 24.9 Å². The lowest BCUT2D eigenvalue weighted by molar-refractivity contribution is -0.298. The van der Waals surface area contributed by atoms with Crippen LogP contribution < -0.4 is 5.32 Å². The summed E-state index contributed by atoms with van der Waals surface area (Å²) < 4.78 is 25.5. The molecular weight excluding hydrogens is 751 g/mol. The van der Waals surface area contributed by atoms with Crippen molar-refractivity contribution in [2.24, 2.45) is 23.7 Å². The lowest BCUT2D eigenvalue weighted by atomic mass is 9.70. The van der Waals surface area contributed by atoms with Gasteiger partial charge in [-0.25, -0.2) is 0 Å². The van der Waals surface area contributed by atoms with Crippen molar-refractivity contribution < 1.29 is 43.9 Å². The zero-order valence-corrected chi connectivity index (χ0v) is 37.1. The Morgan fingerprint density at radius 3 is 2.17 bits per heavy atom. The maximum absolute atomic E-state index is 14.8. The van der Waals surface area contributed by atoms with Gasteiger partial charge >= 0.3 is 0 Å². The minimum Gasteiger partial charge on any atom is -0.387 e. The second kappa shape index (κ2) is 20.3. The Morgan fingerprint density at radius 1 is 0.932 bits per heavy atom. The molecule has 3 fully saturated rings. The molecule has 2 amide bonds. The number of benzene rings is 2. The molecule has 0 bridgehead atoms. The van der Waals surface area contributed by atoms with Crippen molar-refractivity contribution in [3.8, 4) is 0 Å². The number of hydrogen-bond donors (Lipinski definition) is 4. The summed E-state index contributed by atoms with van der Waals surface area (Å²) in [5.41, 5.74) is -0.424. The predicted octanol–water partition coefficient (Wildman–Crippen LogP) is 4.61. The van der Waals surface area contributed by atoms with E-state index < -0.39 is 65.7 Å². The Kier molecular flexibility index (Phi) is 16.2. The highest BCUT2D eigenvalue weighted by Gasteiger charge is 2.51. The van der Waals surface area contributed by atoms with Crippen LogP contribution in [0.5, 0.6) is 0 Å². The van der Waals surface area contributed by atoms with Crippen molar-refractivity contribution in [3.05, 3.63) is 71.8 Å². The average molecular weight is 824 g/mol. The van der Waals surface area contributed by atoms with Crippen LogP contribution in [0, 0.1) is 23.7 Å². The highest BCUT2D eigenvalue weighted by atomic mass is 16.7. The van der Waals surface area contributed by atoms with Crippen LogP contribution in [0.15, 0.2) is 60.7 Å². The molecular formula is C47H73N3O9. The van der Waals surface area contributed by atoms with Gasteiger partial charge in [0, 0.05) is 38.6 Å². The number of aliphatic hydroxyl groups is 3. The zero-order chi connectivity index (χ0) is 43.2. The van der Waals surface area contributed by atoms with Gasteiger partial charge in [-0.15, -0.1) is 0 Å². The number of hydrogen-bond acceptors (Lipinski definition) is 10. The molecule has 2 aromatic carbocycles. The Balaban J connectivity index is 1.57. The largest absolute Gasteiger partial charge is 0.387 e. The second-order valence-electron chi connectivity index (χ2n) is 18.8. The fraction of sp³-hybridized carbons (Fsp3) is 0.702. The third-order valence-electron chi connectivity index (χ3n) is 13.4. The topological polar surface area (TPSA) is 150 Å². The SMILES string of the molecule is CO[C@]1(C)C[C@H](C[C@H]2[C@H](C)[C@@H](O[C@@H]3O[C@H](C)C[C@H](N(C)C)[C@H]3O)[C@](C)(O)C[C@@H](C)CN(C(=O)Cc3ccccc3)CC(Cc3ccccc3)NC(=O)[C@@H]2C)O[C@@H](C)[C@@H]1O. The van der Waals surface area contributed by atoms with Gasteiger partial charge in [0.25, 0.3) is 0 Å². The first kappa shape index (κ1) is 47.1. The third-order valence-corrected chi connectivity index (χ3v) is 13.4. The van der Waals surface area contributed by atoms with Crippen molar-refractivity contribution in [3.63, 3.8) is 0 Å². The fourth-order valence-electron chi connectivity index (χ4n) is 10.2. The summed E-state index contributed by atoms with van der Waals surface area (Å²) in [4.78, 5) is 32.9. The number of amides is 2. The molecule has 3 aliphatic heterocycles. The average Bonchev–Trinajstić information content (AvgIpc) is 3.18. The summed E-state index contributed by atoms with van der Waals surface area (Å²) in [6.45, 7) is 14.0. The summed E-state index contributed by atoms with van der Waals surface area (Å²) in [6.07, 6.45) is -2.52. The zero-order valence-electron chi connectivity index (χ0n) is 37.1. The van der Waals surface area contributed by atoms with Crippen LogP contribution in [0.4, 0.5) is 0 Å². The van der Waals surface area contributed by atoms with E-state index in [0.29, 0.717) is 32.2 Å². The van der Waals surface area contributed by atoms with Gasteiger partial charge in [0.05, 0.1) is 48.1 Å². The Bertz CT molecular complexity index is 1630. The first-order valence-electron chi connectivity index (χ1n) is 21.7. The van der Waals surface area contributed by atoms with E-state index in [1.807, 2.05) is 126 Å². The summed E-state index contributed by atoms with van der Waals surface area (Å²) >= 11 is 0. The second-order valence-corrected chi connectivity index (χ2v) is 18.8. The molecule has 12 nitrogen and oxygen atoms in total. The van der Waals surface area contributed by atoms with E-state index in [1.165, 1.54) is 0 Å². The molecule has 330 valence electrons. The quantitative estimate of drug-likeness (QED) is 0.268. The van der Waals surface area contributed by atoms with Gasteiger partial charge in [-0.05, 0) is 96.4 Å². The number of methoxy groups -OCH3 is 1. The number of aliphatic hydroxyl groups excluding tert-OH is 2. The van der Waals surface area contributed by atoms with Crippen LogP contribution in [0.2, 0.25) is 0 Å². The highest BCUT2D eigenvalue weighted by molar-refractivity contribution is 5.80. The van der Waals surface area contributed by atoms with E-state index in [-0.39, 0.29) is 55.4 Å². The smallest absolute Gasteiger partial charge is 0.227 e. The molecule has 2 aromatic rings. The maximum Gasteiger partial charge on any atom is 0.227 e. The van der Waals surface area contributed by atoms with Gasteiger partial charge in [-0.1, -0.05) is 81.4 Å². The van der Waals surface area contributed by atoms with Crippen LogP contribution in [0.25, 0.3) is 0 Å². The molecule has 0 saturated carbocycles. The molecule has 3 aliphatic rings. The van der Waals surface area contributed by atoms with Crippen LogP contribution in [0.3, 0.4) is 0 Å². The standard InChI is InChI=1S/C47H73N3O9/c1-29-25-46(6,55)43(59-45-41(52)39(49(8)9)21-30(2)57-45)31(3)38(24-37-26-47(7,56-10)42(53)33(5)58-37)32(4)44(54)48-36(22-34-17-13-11-14-18-34)28-50(27-29)40(51)23-35-19-15-12-16-20-35/h11-20,29-33,36-39,41-43,45,52-53,55H,21-28H2,1-10H3,(H,48,54)/t29-,30-,31+,32-,33+,36?,37+,38+,39+,41-,42+,43-,45+,46-,47-/m1/s1. The minimum absolute atomic E-state index is 0.0636. The lowest BCUT2D eigenvalue weighted by Gasteiger charge is -2.49. The summed E-state index contributed by atoms with van der Waals surface area (Å²) in [5, 5.41) is 39.0. The van der Waals surface area contributed by atoms with Gasteiger partial charge in [0.1, 0.15) is 12.2 Å². The van der Waals surface area contributed by atoms with E-state index in [0.717, 1.165) is 11.1 Å². The van der Waals surface area contributed by atoms with Crippen LogP contribution in [-0.2, 0) is 41.4 Å². The van der Waals surface area contributed by atoms with Crippen LogP contribution in [0.1, 0.15) is 85.3 Å². The van der Waals surface area contributed by atoms with Crippen molar-refractivity contribution in [1.82, 2.24) is 15.1 Å². The summed E-state index contributed by atoms with van der Waals surface area (Å²) in [6, 6.07) is 19.0. The maximum atomic E-state index is 14.8. The minimum atomic E-state index is -1.49. The van der Waals surface area contributed by atoms with E-state index in [2.05, 4.69) is 5.32 Å². The molecule has 5 rings (SSSR count). The van der Waals surface area contributed by atoms with Crippen LogP contribution in [-0.4, -0.2) is 137 Å². The Hall–Kier alpha value is -2.94. The molecule has 12 heteroatoms. The first-order chi connectivity index (χ1) is 27.8. The number of rotatable bonds is 10. The van der Waals surface area contributed by atoms with E-state index in [1.54, 1.807) is 14.0 Å². The molecule has 0 spiro atoms. The molecule has 0 aliphatic carbocycles. The van der Waals surface area contributed by atoms with E-state index in [4.69, 9.17) is 18.9 Å². The number of nitrogens with zero attached hydrogens (tertiary/aromatic N) is 2. The summed E-state index contributed by atoms with van der Waals surface area (Å²) in [5.74, 6) is -1.92. The van der Waals surface area contributed by atoms with Crippen molar-refractivity contribution in [2.75, 3.05) is 34.3 Å². The molecule has 3 saturated heterocycles. The molecule has 0 radical (unpaired) electrons. The van der Waals surface area contributed by atoms with E-state index >= 15 is 0 Å². The number of ether oxygens (including phenoxy) is 4. The molecule has 3 heterocycles. The Morgan fingerprint density at radius 2 is 1.56 bits per heavy atom. The number of likely N-dealkylation sites (N-methyl/N-ethyl adjacent to an activating group) is 1. The number of nitrogens with one attached hydrogen (secondary N) is 1. The molecule has 1 unspecified atom stereocenters. The van der Waals surface area contributed by atoms with Gasteiger partial charge in [-0.2, -0.15) is 0 Å². The van der Waals surface area contributed by atoms with Gasteiger partial charge in [0.2, 0.25) is 11.8 Å². The predicted molar refractivity (Wildman–Crippen MR) is 227 cm³/mol. The summed E-state index contributed by atoms with van der Waals surface area (Å²) in [7, 11) is 5.44. The van der Waals surface area contributed by atoms with Crippen molar-refractivity contribution in [2.45, 2.75) is 153 Å². The normalized spacial score (nSPS) is 39.1. The number of carbonyl (C=O) groups excluding carboxylic acids is 2. The molecule has 0 aromatic heterocycles. The van der Waals surface area contributed by atoms with Gasteiger partial charge in [-0.3, -0.25) is 9.59 Å². The van der Waals surface area contributed by atoms with Gasteiger partial charge in [0.15, 0.2) is 6.29 Å². The molecule has 59 heavy (non-hydrogen) atoms. The Labute approximate surface area is 352 Å². The number of carbonyl (C=O) groups is 2. The van der Waals surface area contributed by atoms with Crippen LogP contribution >= 0.6 is 0 Å². The first-order valence-corrected chi connectivity index (χ1v) is 21.7. The molecule has 4 N–H and O–H groups in total. The monoisotopic (exact) mass is 824 g/mol. The molecule has 15 atom stereocenters. The lowest BCUT2D eigenvalue weighted by Crippen LogP contribution is -2.59. The highest BCUT2D eigenvalue weighted by Crippen LogP contribution is 2.42. The van der Waals surface area contributed by atoms with Crippen molar-refractivity contribution >= 4 is 11.8 Å². The third kappa shape index (κ3) is 11.9.